The molecule has 3 heteroatoms. The Morgan fingerprint density at radius 2 is 2.07 bits per heavy atom. The standard InChI is InChI=1S/C12H19NOS/c1-11-5-3-4-6-12(11)13-7-9-15-10-8-14-2/h3-6,13H,7-10H2,1-2H3. The number of hydrogen-bond acceptors (Lipinski definition) is 3. The fourth-order valence-electron chi connectivity index (χ4n) is 1.27. The molecule has 2 nitrogen and oxygen atoms in total. The van der Waals surface area contributed by atoms with Crippen molar-refractivity contribution in [1.29, 1.82) is 0 Å². The predicted octanol–water partition coefficient (Wildman–Crippen LogP) is 2.79. The number of para-hydroxylation sites is 1. The van der Waals surface area contributed by atoms with Crippen LogP contribution >= 0.6 is 11.8 Å². The van der Waals surface area contributed by atoms with Crippen LogP contribution in [0, 0.1) is 6.92 Å². The lowest BCUT2D eigenvalue weighted by atomic mass is 10.2. The van der Waals surface area contributed by atoms with Gasteiger partial charge in [0.25, 0.3) is 0 Å². The fourth-order valence-corrected chi connectivity index (χ4v) is 2.01. The molecule has 1 aromatic rings. The Morgan fingerprint density at radius 1 is 1.27 bits per heavy atom. The smallest absolute Gasteiger partial charge is 0.0552 e. The molecule has 0 unspecified atom stereocenters. The van der Waals surface area contributed by atoms with Gasteiger partial charge < -0.3 is 10.1 Å². The summed E-state index contributed by atoms with van der Waals surface area (Å²) in [5.74, 6) is 2.20. The second kappa shape index (κ2) is 7.60. The lowest BCUT2D eigenvalue weighted by Crippen LogP contribution is -2.06. The maximum Gasteiger partial charge on any atom is 0.0552 e. The lowest BCUT2D eigenvalue weighted by molar-refractivity contribution is 0.218. The van der Waals surface area contributed by atoms with Crippen molar-refractivity contribution < 1.29 is 4.74 Å². The number of benzene rings is 1. The van der Waals surface area contributed by atoms with Crippen LogP contribution in [0.25, 0.3) is 0 Å². The zero-order valence-corrected chi connectivity index (χ0v) is 10.3. The monoisotopic (exact) mass is 225 g/mol. The van der Waals surface area contributed by atoms with Gasteiger partial charge in [-0.05, 0) is 18.6 Å². The Hall–Kier alpha value is -0.670. The van der Waals surface area contributed by atoms with Crippen LogP contribution in [0.15, 0.2) is 24.3 Å². The minimum Gasteiger partial charge on any atom is -0.384 e. The van der Waals surface area contributed by atoms with Crippen LogP contribution in [0.1, 0.15) is 5.56 Å². The third kappa shape index (κ3) is 5.09. The van der Waals surface area contributed by atoms with Crippen molar-refractivity contribution in [2.45, 2.75) is 6.92 Å². The maximum atomic E-state index is 4.98. The number of nitrogens with one attached hydrogen (secondary N) is 1. The van der Waals surface area contributed by atoms with Crippen LogP contribution < -0.4 is 5.32 Å². The fraction of sp³-hybridized carbons (Fsp3) is 0.500. The van der Waals surface area contributed by atoms with Gasteiger partial charge in [-0.2, -0.15) is 11.8 Å². The number of aryl methyl sites for hydroxylation is 1. The van der Waals surface area contributed by atoms with Crippen LogP contribution in [-0.2, 0) is 4.74 Å². The molecular formula is C12H19NOS. The highest BCUT2D eigenvalue weighted by Gasteiger charge is 1.94. The number of methoxy groups -OCH3 is 1. The molecule has 0 heterocycles. The van der Waals surface area contributed by atoms with E-state index in [1.54, 1.807) is 7.11 Å². The minimum atomic E-state index is 0.842. The summed E-state index contributed by atoms with van der Waals surface area (Å²) >= 11 is 1.92. The molecule has 0 aromatic heterocycles. The molecule has 0 amide bonds. The zero-order chi connectivity index (χ0) is 10.9. The van der Waals surface area contributed by atoms with Crippen LogP contribution in [0.4, 0.5) is 5.69 Å². The quantitative estimate of drug-likeness (QED) is 0.721. The Morgan fingerprint density at radius 3 is 2.80 bits per heavy atom. The Labute approximate surface area is 96.4 Å². The Balaban J connectivity index is 2.12. The summed E-state index contributed by atoms with van der Waals surface area (Å²) < 4.78 is 4.98. The topological polar surface area (TPSA) is 21.3 Å². The van der Waals surface area contributed by atoms with E-state index in [4.69, 9.17) is 4.74 Å². The van der Waals surface area contributed by atoms with E-state index in [9.17, 15) is 0 Å². The van der Waals surface area contributed by atoms with Gasteiger partial charge in [-0.3, -0.25) is 0 Å². The van der Waals surface area contributed by atoms with Gasteiger partial charge in [0.15, 0.2) is 0 Å². The van der Waals surface area contributed by atoms with Crippen LogP contribution in [-0.4, -0.2) is 31.8 Å². The molecule has 84 valence electrons. The first-order valence-corrected chi connectivity index (χ1v) is 6.36. The second-order valence-electron chi connectivity index (χ2n) is 3.35. The van der Waals surface area contributed by atoms with Gasteiger partial charge in [-0.15, -0.1) is 0 Å². The minimum absolute atomic E-state index is 0.842. The molecule has 0 saturated heterocycles. The number of thioether (sulfide) groups is 1. The maximum absolute atomic E-state index is 4.98. The molecule has 1 rings (SSSR count). The highest BCUT2D eigenvalue weighted by atomic mass is 32.2. The first-order valence-electron chi connectivity index (χ1n) is 5.21. The average Bonchev–Trinajstić information content (AvgIpc) is 2.25. The number of anilines is 1. The van der Waals surface area contributed by atoms with Gasteiger partial charge in [0.2, 0.25) is 0 Å². The predicted molar refractivity (Wildman–Crippen MR) is 68.9 cm³/mol. The van der Waals surface area contributed by atoms with Crippen molar-refractivity contribution in [3.8, 4) is 0 Å². The summed E-state index contributed by atoms with van der Waals surface area (Å²) in [6.07, 6.45) is 0. The summed E-state index contributed by atoms with van der Waals surface area (Å²) in [5.41, 5.74) is 2.55. The molecule has 0 saturated carbocycles. The van der Waals surface area contributed by atoms with Gasteiger partial charge in [-0.25, -0.2) is 0 Å². The van der Waals surface area contributed by atoms with Crippen molar-refractivity contribution in [3.05, 3.63) is 29.8 Å². The van der Waals surface area contributed by atoms with E-state index in [2.05, 4.69) is 36.5 Å². The van der Waals surface area contributed by atoms with E-state index < -0.39 is 0 Å². The normalized spacial score (nSPS) is 10.3. The first kappa shape index (κ1) is 12.4. The van der Waals surface area contributed by atoms with Gasteiger partial charge in [0.1, 0.15) is 0 Å². The van der Waals surface area contributed by atoms with E-state index in [0.29, 0.717) is 0 Å². The number of hydrogen-bond donors (Lipinski definition) is 1. The van der Waals surface area contributed by atoms with Crippen LogP contribution in [0.3, 0.4) is 0 Å². The largest absolute Gasteiger partial charge is 0.384 e. The second-order valence-corrected chi connectivity index (χ2v) is 4.57. The average molecular weight is 225 g/mol. The third-order valence-corrected chi connectivity index (χ3v) is 3.09. The SMILES string of the molecule is COCCSCCNc1ccccc1C. The molecule has 15 heavy (non-hydrogen) atoms. The zero-order valence-electron chi connectivity index (χ0n) is 9.45. The van der Waals surface area contributed by atoms with E-state index in [0.717, 1.165) is 24.7 Å². The van der Waals surface area contributed by atoms with E-state index in [1.165, 1.54) is 11.3 Å². The van der Waals surface area contributed by atoms with Gasteiger partial charge in [-0.1, -0.05) is 18.2 Å². The summed E-state index contributed by atoms with van der Waals surface area (Å²) in [6.45, 7) is 3.98. The molecule has 0 atom stereocenters. The van der Waals surface area contributed by atoms with Gasteiger partial charge in [0, 0.05) is 30.8 Å². The van der Waals surface area contributed by atoms with Gasteiger partial charge >= 0.3 is 0 Å². The lowest BCUT2D eigenvalue weighted by Gasteiger charge is -2.08. The van der Waals surface area contributed by atoms with Crippen LogP contribution in [0.2, 0.25) is 0 Å². The molecule has 0 aliphatic heterocycles. The van der Waals surface area contributed by atoms with Crippen molar-refractivity contribution in [2.24, 2.45) is 0 Å². The molecule has 0 radical (unpaired) electrons. The molecule has 1 N–H and O–H groups in total. The van der Waals surface area contributed by atoms with Crippen molar-refractivity contribution >= 4 is 17.4 Å². The molecule has 0 spiro atoms. The molecular weight excluding hydrogens is 206 g/mol. The van der Waals surface area contributed by atoms with E-state index in [-0.39, 0.29) is 0 Å². The van der Waals surface area contributed by atoms with E-state index >= 15 is 0 Å². The molecule has 0 bridgehead atoms. The Kier molecular flexibility index (Phi) is 6.28. The summed E-state index contributed by atoms with van der Waals surface area (Å²) in [5, 5.41) is 3.43. The molecule has 0 aliphatic rings. The Bertz CT molecular complexity index is 278. The van der Waals surface area contributed by atoms with E-state index in [1.807, 2.05) is 11.8 Å². The van der Waals surface area contributed by atoms with Crippen molar-refractivity contribution in [3.63, 3.8) is 0 Å². The summed E-state index contributed by atoms with van der Waals surface area (Å²) in [7, 11) is 1.74. The molecule has 1 aromatic carbocycles. The number of ether oxygens (including phenoxy) is 1. The van der Waals surface area contributed by atoms with Gasteiger partial charge in [0.05, 0.1) is 6.61 Å². The summed E-state index contributed by atoms with van der Waals surface area (Å²) in [6, 6.07) is 8.37. The first-order chi connectivity index (χ1) is 7.34. The van der Waals surface area contributed by atoms with Crippen molar-refractivity contribution in [1.82, 2.24) is 0 Å². The molecule has 0 fully saturated rings. The third-order valence-electron chi connectivity index (χ3n) is 2.14. The summed E-state index contributed by atoms with van der Waals surface area (Å²) in [4.78, 5) is 0. The van der Waals surface area contributed by atoms with Crippen molar-refractivity contribution in [2.75, 3.05) is 37.1 Å². The highest BCUT2D eigenvalue weighted by Crippen LogP contribution is 2.12. The number of rotatable bonds is 7. The highest BCUT2D eigenvalue weighted by molar-refractivity contribution is 7.99. The molecule has 0 aliphatic carbocycles. The van der Waals surface area contributed by atoms with Crippen LogP contribution in [0.5, 0.6) is 0 Å².